The number of nitrogens with zero attached hydrogens (tertiary/aromatic N) is 3. The van der Waals surface area contributed by atoms with Crippen LogP contribution >= 0.6 is 0 Å². The highest BCUT2D eigenvalue weighted by atomic mass is 16.3. The third-order valence-corrected chi connectivity index (χ3v) is 4.16. The Bertz CT molecular complexity index is 677. The molecule has 2 aromatic rings. The lowest BCUT2D eigenvalue weighted by molar-refractivity contribution is -0.126. The number of furan rings is 1. The Morgan fingerprint density at radius 3 is 2.96 bits per heavy atom. The van der Waals surface area contributed by atoms with Crippen LogP contribution in [0.3, 0.4) is 0 Å². The van der Waals surface area contributed by atoms with Crippen LogP contribution in [0, 0.1) is 0 Å². The zero-order chi connectivity index (χ0) is 16.2. The smallest absolute Gasteiger partial charge is 0.290 e. The number of piperidine rings is 1. The van der Waals surface area contributed by atoms with Gasteiger partial charge in [-0.05, 0) is 37.5 Å². The first-order valence-electron chi connectivity index (χ1n) is 7.76. The molecule has 0 aliphatic carbocycles. The summed E-state index contributed by atoms with van der Waals surface area (Å²) in [7, 11) is 1.83. The van der Waals surface area contributed by atoms with Crippen molar-refractivity contribution in [2.45, 2.75) is 31.8 Å². The maximum atomic E-state index is 12.5. The highest BCUT2D eigenvalue weighted by molar-refractivity contribution is 5.95. The fourth-order valence-corrected chi connectivity index (χ4v) is 2.86. The van der Waals surface area contributed by atoms with Crippen molar-refractivity contribution in [3.63, 3.8) is 0 Å². The zero-order valence-electron chi connectivity index (χ0n) is 13.1. The average Bonchev–Trinajstić information content (AvgIpc) is 3.24. The van der Waals surface area contributed by atoms with Gasteiger partial charge in [-0.15, -0.1) is 0 Å². The van der Waals surface area contributed by atoms with Crippen molar-refractivity contribution in [2.24, 2.45) is 7.05 Å². The molecule has 23 heavy (non-hydrogen) atoms. The maximum absolute atomic E-state index is 12.5. The lowest BCUT2D eigenvalue weighted by Crippen LogP contribution is -2.51. The SMILES string of the molecule is Cn1nccc1CNC(=O)C1CCCCN1C(=O)c1ccco1. The second-order valence-corrected chi connectivity index (χ2v) is 5.65. The highest BCUT2D eigenvalue weighted by Gasteiger charge is 2.33. The molecule has 3 heterocycles. The van der Waals surface area contributed by atoms with E-state index >= 15 is 0 Å². The molecule has 1 saturated heterocycles. The Morgan fingerprint density at radius 1 is 1.39 bits per heavy atom. The van der Waals surface area contributed by atoms with E-state index < -0.39 is 6.04 Å². The van der Waals surface area contributed by atoms with Crippen molar-refractivity contribution in [3.05, 3.63) is 42.1 Å². The molecule has 1 atom stereocenters. The van der Waals surface area contributed by atoms with Gasteiger partial charge in [0.05, 0.1) is 18.5 Å². The van der Waals surface area contributed by atoms with Crippen LogP contribution in [-0.2, 0) is 18.4 Å². The number of aryl methyl sites for hydroxylation is 1. The molecular formula is C16H20N4O3. The number of carbonyl (C=O) groups is 2. The van der Waals surface area contributed by atoms with E-state index in [4.69, 9.17) is 4.42 Å². The molecule has 1 aliphatic rings. The Labute approximate surface area is 134 Å². The maximum Gasteiger partial charge on any atom is 0.290 e. The molecule has 1 unspecified atom stereocenters. The molecule has 0 aromatic carbocycles. The predicted octanol–water partition coefficient (Wildman–Crippen LogP) is 1.32. The zero-order valence-corrected chi connectivity index (χ0v) is 13.1. The van der Waals surface area contributed by atoms with Gasteiger partial charge in [0, 0.05) is 19.8 Å². The molecule has 0 spiro atoms. The third kappa shape index (κ3) is 3.28. The van der Waals surface area contributed by atoms with Gasteiger partial charge in [-0.2, -0.15) is 5.10 Å². The standard InChI is InChI=1S/C16H20N4O3/c1-19-12(7-8-18-19)11-17-15(21)13-5-2-3-9-20(13)16(22)14-6-4-10-23-14/h4,6-8,10,13H,2-3,5,9,11H2,1H3,(H,17,21). The molecule has 2 aromatic heterocycles. The monoisotopic (exact) mass is 316 g/mol. The van der Waals surface area contributed by atoms with Gasteiger partial charge in [-0.3, -0.25) is 14.3 Å². The molecule has 3 rings (SSSR count). The summed E-state index contributed by atoms with van der Waals surface area (Å²) >= 11 is 0. The molecule has 7 nitrogen and oxygen atoms in total. The summed E-state index contributed by atoms with van der Waals surface area (Å²) in [5.74, 6) is -0.0856. The Hall–Kier alpha value is -2.57. The minimum Gasteiger partial charge on any atom is -0.459 e. The molecule has 1 N–H and O–H groups in total. The van der Waals surface area contributed by atoms with Gasteiger partial charge in [-0.1, -0.05) is 0 Å². The van der Waals surface area contributed by atoms with E-state index in [2.05, 4.69) is 10.4 Å². The van der Waals surface area contributed by atoms with Crippen LogP contribution in [0.15, 0.2) is 35.1 Å². The quantitative estimate of drug-likeness (QED) is 0.922. The largest absolute Gasteiger partial charge is 0.459 e. The van der Waals surface area contributed by atoms with Crippen LogP contribution < -0.4 is 5.32 Å². The Morgan fingerprint density at radius 2 is 2.26 bits per heavy atom. The van der Waals surface area contributed by atoms with Crippen LogP contribution in [0.1, 0.15) is 35.5 Å². The summed E-state index contributed by atoms with van der Waals surface area (Å²) in [5, 5.41) is 6.97. The van der Waals surface area contributed by atoms with Gasteiger partial charge in [0.15, 0.2) is 5.76 Å². The Balaban J connectivity index is 1.67. The van der Waals surface area contributed by atoms with Crippen molar-refractivity contribution >= 4 is 11.8 Å². The highest BCUT2D eigenvalue weighted by Crippen LogP contribution is 2.20. The van der Waals surface area contributed by atoms with Gasteiger partial charge in [0.2, 0.25) is 5.91 Å². The minimum atomic E-state index is -0.449. The molecule has 1 fully saturated rings. The number of nitrogens with one attached hydrogen (secondary N) is 1. The summed E-state index contributed by atoms with van der Waals surface area (Å²) in [4.78, 5) is 26.6. The minimum absolute atomic E-state index is 0.134. The molecule has 0 radical (unpaired) electrons. The van der Waals surface area contributed by atoms with Crippen molar-refractivity contribution in [1.82, 2.24) is 20.0 Å². The van der Waals surface area contributed by atoms with E-state index in [1.807, 2.05) is 13.1 Å². The summed E-state index contributed by atoms with van der Waals surface area (Å²) in [5.41, 5.74) is 0.915. The van der Waals surface area contributed by atoms with Gasteiger partial charge in [0.1, 0.15) is 6.04 Å². The number of carbonyl (C=O) groups excluding carboxylic acids is 2. The van der Waals surface area contributed by atoms with Gasteiger partial charge in [0.25, 0.3) is 5.91 Å². The van der Waals surface area contributed by atoms with E-state index in [0.29, 0.717) is 19.5 Å². The van der Waals surface area contributed by atoms with E-state index in [1.54, 1.807) is 27.9 Å². The number of aromatic nitrogens is 2. The first-order valence-corrected chi connectivity index (χ1v) is 7.76. The number of rotatable bonds is 4. The van der Waals surface area contributed by atoms with Gasteiger partial charge >= 0.3 is 0 Å². The summed E-state index contributed by atoms with van der Waals surface area (Å²) in [6.45, 7) is 0.970. The van der Waals surface area contributed by atoms with Gasteiger partial charge < -0.3 is 14.6 Å². The number of likely N-dealkylation sites (tertiary alicyclic amines) is 1. The topological polar surface area (TPSA) is 80.4 Å². The van der Waals surface area contributed by atoms with Gasteiger partial charge in [-0.25, -0.2) is 0 Å². The predicted molar refractivity (Wildman–Crippen MR) is 82.4 cm³/mol. The lowest BCUT2D eigenvalue weighted by atomic mass is 10.0. The second-order valence-electron chi connectivity index (χ2n) is 5.65. The fourth-order valence-electron chi connectivity index (χ4n) is 2.86. The lowest BCUT2D eigenvalue weighted by Gasteiger charge is -2.34. The fraction of sp³-hybridized carbons (Fsp3) is 0.438. The summed E-state index contributed by atoms with van der Waals surface area (Å²) in [6, 6.07) is 4.71. The van der Waals surface area contributed by atoms with E-state index in [9.17, 15) is 9.59 Å². The first kappa shape index (κ1) is 15.3. The van der Waals surface area contributed by atoms with Crippen molar-refractivity contribution < 1.29 is 14.0 Å². The van der Waals surface area contributed by atoms with Crippen LogP contribution in [0.5, 0.6) is 0 Å². The number of hydrogen-bond acceptors (Lipinski definition) is 4. The van der Waals surface area contributed by atoms with Crippen molar-refractivity contribution in [1.29, 1.82) is 0 Å². The Kier molecular flexibility index (Phi) is 4.45. The first-order chi connectivity index (χ1) is 11.2. The molecule has 7 heteroatoms. The molecule has 122 valence electrons. The molecule has 1 aliphatic heterocycles. The summed E-state index contributed by atoms with van der Waals surface area (Å²) in [6.07, 6.45) is 5.66. The van der Waals surface area contributed by atoms with Crippen LogP contribution in [0.25, 0.3) is 0 Å². The third-order valence-electron chi connectivity index (χ3n) is 4.16. The van der Waals surface area contributed by atoms with E-state index in [-0.39, 0.29) is 17.6 Å². The van der Waals surface area contributed by atoms with Crippen molar-refractivity contribution in [3.8, 4) is 0 Å². The normalized spacial score (nSPS) is 18.0. The molecule has 0 bridgehead atoms. The van der Waals surface area contributed by atoms with Crippen LogP contribution in [-0.4, -0.2) is 39.1 Å². The number of amides is 2. The van der Waals surface area contributed by atoms with Crippen molar-refractivity contribution in [2.75, 3.05) is 6.54 Å². The van der Waals surface area contributed by atoms with Crippen LogP contribution in [0.2, 0.25) is 0 Å². The van der Waals surface area contributed by atoms with Crippen LogP contribution in [0.4, 0.5) is 0 Å². The molecule has 0 saturated carbocycles. The molecular weight excluding hydrogens is 296 g/mol. The van der Waals surface area contributed by atoms with E-state index in [1.165, 1.54) is 6.26 Å². The average molecular weight is 316 g/mol. The molecule has 2 amide bonds. The van der Waals surface area contributed by atoms with E-state index in [0.717, 1.165) is 18.5 Å². The second kappa shape index (κ2) is 6.68. The summed E-state index contributed by atoms with van der Waals surface area (Å²) < 4.78 is 6.89. The number of hydrogen-bond donors (Lipinski definition) is 1.